The Bertz CT molecular complexity index is 361. The molecular weight excluding hydrogens is 238 g/mol. The van der Waals surface area contributed by atoms with Crippen LogP contribution >= 0.6 is 11.6 Å². The number of hydrogen-bond donors (Lipinski definition) is 0. The molecule has 1 heterocycles. The Morgan fingerprint density at radius 3 is 2.59 bits per heavy atom. The minimum absolute atomic E-state index is 0.293. The first-order valence-corrected chi connectivity index (χ1v) is 6.28. The maximum Gasteiger partial charge on any atom is 0.218 e. The molecule has 1 rings (SSSR count). The summed E-state index contributed by atoms with van der Waals surface area (Å²) < 4.78 is 11.2. The van der Waals surface area contributed by atoms with Crippen LogP contribution in [0, 0.1) is 0 Å². The average Bonchev–Trinajstić information content (AvgIpc) is 2.14. The van der Waals surface area contributed by atoms with Crippen molar-refractivity contribution in [1.82, 2.24) is 4.98 Å². The van der Waals surface area contributed by atoms with Gasteiger partial charge in [-0.05, 0) is 27.2 Å². The minimum atomic E-state index is -0.293. The second kappa shape index (κ2) is 6.10. The molecular formula is C13H20ClNO2. The van der Waals surface area contributed by atoms with Crippen LogP contribution in [0.15, 0.2) is 12.1 Å². The molecule has 0 radical (unpaired) electrons. The molecule has 0 aliphatic heterocycles. The molecule has 0 amide bonds. The van der Waals surface area contributed by atoms with Crippen LogP contribution in [0.3, 0.4) is 0 Å². The molecule has 0 fully saturated rings. The van der Waals surface area contributed by atoms with E-state index in [1.165, 1.54) is 0 Å². The molecule has 0 atom stereocenters. The number of hydrogen-bond acceptors (Lipinski definition) is 3. The zero-order valence-electron chi connectivity index (χ0n) is 10.9. The standard InChI is InChI=1S/C13H20ClNO2/c1-5-6-7-16-10-8-11(14)15-12(9-10)17-13(2,3)4/h8-9H,5-7H2,1-4H3. The molecule has 0 spiro atoms. The smallest absolute Gasteiger partial charge is 0.218 e. The van der Waals surface area contributed by atoms with Gasteiger partial charge in [-0.3, -0.25) is 0 Å². The van der Waals surface area contributed by atoms with Crippen molar-refractivity contribution in [3.05, 3.63) is 17.3 Å². The fourth-order valence-electron chi connectivity index (χ4n) is 1.23. The summed E-state index contributed by atoms with van der Waals surface area (Å²) in [5.41, 5.74) is -0.293. The Hall–Kier alpha value is -0.960. The maximum absolute atomic E-state index is 5.92. The van der Waals surface area contributed by atoms with Crippen LogP contribution < -0.4 is 9.47 Å². The van der Waals surface area contributed by atoms with Crippen molar-refractivity contribution < 1.29 is 9.47 Å². The second-order valence-corrected chi connectivity index (χ2v) is 5.27. The fraction of sp³-hybridized carbons (Fsp3) is 0.615. The van der Waals surface area contributed by atoms with Gasteiger partial charge < -0.3 is 9.47 Å². The number of rotatable bonds is 5. The number of pyridine rings is 1. The second-order valence-electron chi connectivity index (χ2n) is 4.88. The molecule has 0 aromatic carbocycles. The third-order valence-corrected chi connectivity index (χ3v) is 2.12. The molecule has 4 heteroatoms. The lowest BCUT2D eigenvalue weighted by molar-refractivity contribution is 0.123. The number of unbranched alkanes of at least 4 members (excludes halogenated alkanes) is 1. The van der Waals surface area contributed by atoms with Crippen LogP contribution in [0.25, 0.3) is 0 Å². The summed E-state index contributed by atoms with van der Waals surface area (Å²) >= 11 is 5.92. The summed E-state index contributed by atoms with van der Waals surface area (Å²) in [5.74, 6) is 1.20. The molecule has 1 aromatic rings. The van der Waals surface area contributed by atoms with Gasteiger partial charge in [0.05, 0.1) is 6.61 Å². The van der Waals surface area contributed by atoms with Gasteiger partial charge in [-0.25, -0.2) is 4.98 Å². The van der Waals surface area contributed by atoms with Gasteiger partial charge in [0, 0.05) is 12.1 Å². The van der Waals surface area contributed by atoms with E-state index in [2.05, 4.69) is 11.9 Å². The highest BCUT2D eigenvalue weighted by Crippen LogP contribution is 2.25. The number of nitrogens with zero attached hydrogens (tertiary/aromatic N) is 1. The normalized spacial score (nSPS) is 11.4. The quantitative estimate of drug-likeness (QED) is 0.588. The minimum Gasteiger partial charge on any atom is -0.493 e. The third-order valence-electron chi connectivity index (χ3n) is 1.92. The lowest BCUT2D eigenvalue weighted by Gasteiger charge is -2.20. The van der Waals surface area contributed by atoms with Crippen molar-refractivity contribution in [2.45, 2.75) is 46.1 Å². The van der Waals surface area contributed by atoms with Crippen LogP contribution in [0.1, 0.15) is 40.5 Å². The topological polar surface area (TPSA) is 31.4 Å². The van der Waals surface area contributed by atoms with E-state index < -0.39 is 0 Å². The van der Waals surface area contributed by atoms with Crippen molar-refractivity contribution in [2.24, 2.45) is 0 Å². The molecule has 1 aromatic heterocycles. The average molecular weight is 258 g/mol. The molecule has 0 unspecified atom stereocenters. The van der Waals surface area contributed by atoms with Crippen LogP contribution in [-0.4, -0.2) is 17.2 Å². The van der Waals surface area contributed by atoms with E-state index in [0.717, 1.165) is 12.8 Å². The first-order valence-electron chi connectivity index (χ1n) is 5.90. The van der Waals surface area contributed by atoms with Gasteiger partial charge in [0.1, 0.15) is 16.5 Å². The number of ether oxygens (including phenoxy) is 2. The molecule has 0 saturated carbocycles. The molecule has 0 N–H and O–H groups in total. The summed E-state index contributed by atoms with van der Waals surface area (Å²) in [6.07, 6.45) is 2.12. The first kappa shape index (κ1) is 14.1. The lowest BCUT2D eigenvalue weighted by atomic mass is 10.2. The molecule has 96 valence electrons. The van der Waals surface area contributed by atoms with Gasteiger partial charge in [0.25, 0.3) is 0 Å². The summed E-state index contributed by atoms with van der Waals surface area (Å²) in [7, 11) is 0. The van der Waals surface area contributed by atoms with E-state index in [0.29, 0.717) is 23.4 Å². The van der Waals surface area contributed by atoms with E-state index in [4.69, 9.17) is 21.1 Å². The Morgan fingerprint density at radius 2 is 2.00 bits per heavy atom. The van der Waals surface area contributed by atoms with E-state index in [1.54, 1.807) is 12.1 Å². The highest BCUT2D eigenvalue weighted by molar-refractivity contribution is 6.29. The predicted octanol–water partition coefficient (Wildman–Crippen LogP) is 4.09. The van der Waals surface area contributed by atoms with Crippen LogP contribution in [0.5, 0.6) is 11.6 Å². The summed E-state index contributed by atoms with van der Waals surface area (Å²) in [6.45, 7) is 8.70. The number of halogens is 1. The Labute approximate surface area is 108 Å². The van der Waals surface area contributed by atoms with Gasteiger partial charge in [0.15, 0.2) is 0 Å². The van der Waals surface area contributed by atoms with Gasteiger partial charge in [-0.1, -0.05) is 24.9 Å². The highest BCUT2D eigenvalue weighted by Gasteiger charge is 2.14. The van der Waals surface area contributed by atoms with Gasteiger partial charge in [0.2, 0.25) is 5.88 Å². The van der Waals surface area contributed by atoms with Gasteiger partial charge >= 0.3 is 0 Å². The van der Waals surface area contributed by atoms with E-state index in [9.17, 15) is 0 Å². The first-order chi connectivity index (χ1) is 7.90. The van der Waals surface area contributed by atoms with Crippen molar-refractivity contribution >= 4 is 11.6 Å². The predicted molar refractivity (Wildman–Crippen MR) is 70.0 cm³/mol. The van der Waals surface area contributed by atoms with Crippen molar-refractivity contribution in [3.63, 3.8) is 0 Å². The molecule has 0 aliphatic rings. The van der Waals surface area contributed by atoms with Crippen LogP contribution in [0.4, 0.5) is 0 Å². The summed E-state index contributed by atoms with van der Waals surface area (Å²) in [5, 5.41) is 0.387. The molecule has 0 saturated heterocycles. The zero-order chi connectivity index (χ0) is 12.9. The van der Waals surface area contributed by atoms with Crippen LogP contribution in [0.2, 0.25) is 5.15 Å². The Morgan fingerprint density at radius 1 is 1.29 bits per heavy atom. The van der Waals surface area contributed by atoms with Crippen molar-refractivity contribution in [3.8, 4) is 11.6 Å². The maximum atomic E-state index is 5.92. The SMILES string of the molecule is CCCCOc1cc(Cl)nc(OC(C)(C)C)c1. The van der Waals surface area contributed by atoms with E-state index in [1.807, 2.05) is 20.8 Å². The van der Waals surface area contributed by atoms with Gasteiger partial charge in [-0.2, -0.15) is 0 Å². The monoisotopic (exact) mass is 257 g/mol. The fourth-order valence-corrected chi connectivity index (χ4v) is 1.43. The number of aromatic nitrogens is 1. The van der Waals surface area contributed by atoms with Gasteiger partial charge in [-0.15, -0.1) is 0 Å². The van der Waals surface area contributed by atoms with E-state index >= 15 is 0 Å². The highest BCUT2D eigenvalue weighted by atomic mass is 35.5. The van der Waals surface area contributed by atoms with Crippen molar-refractivity contribution in [1.29, 1.82) is 0 Å². The summed E-state index contributed by atoms with van der Waals surface area (Å²) in [4.78, 5) is 4.11. The molecule has 0 aliphatic carbocycles. The Kier molecular flexibility index (Phi) is 5.06. The lowest BCUT2D eigenvalue weighted by Crippen LogP contribution is -2.23. The Balaban J connectivity index is 2.72. The third kappa shape index (κ3) is 5.78. The van der Waals surface area contributed by atoms with E-state index in [-0.39, 0.29) is 5.60 Å². The van der Waals surface area contributed by atoms with Crippen molar-refractivity contribution in [2.75, 3.05) is 6.61 Å². The largest absolute Gasteiger partial charge is 0.493 e. The zero-order valence-corrected chi connectivity index (χ0v) is 11.7. The molecule has 0 bridgehead atoms. The molecule has 3 nitrogen and oxygen atoms in total. The molecule has 17 heavy (non-hydrogen) atoms. The summed E-state index contributed by atoms with van der Waals surface area (Å²) in [6, 6.07) is 3.47. The van der Waals surface area contributed by atoms with Crippen LogP contribution in [-0.2, 0) is 0 Å².